The molecule has 1 aliphatic rings. The second-order valence-corrected chi connectivity index (χ2v) is 6.23. The zero-order valence-corrected chi connectivity index (χ0v) is 12.9. The van der Waals surface area contributed by atoms with Crippen LogP contribution in [0.1, 0.15) is 17.3 Å². The van der Waals surface area contributed by atoms with Crippen molar-refractivity contribution in [1.29, 1.82) is 0 Å². The fraction of sp³-hybridized carbons (Fsp3) is 0.429. The van der Waals surface area contributed by atoms with Gasteiger partial charge in [-0.25, -0.2) is 0 Å². The number of carbonyl (C=O) groups excluding carboxylic acids is 1. The smallest absolute Gasteiger partial charge is 0.306 e. The van der Waals surface area contributed by atoms with Crippen molar-refractivity contribution < 1.29 is 14.7 Å². The van der Waals surface area contributed by atoms with Crippen molar-refractivity contribution in [2.75, 3.05) is 19.3 Å². The van der Waals surface area contributed by atoms with E-state index in [2.05, 4.69) is 0 Å². The van der Waals surface area contributed by atoms with Crippen LogP contribution >= 0.6 is 23.4 Å². The van der Waals surface area contributed by atoms with Crippen LogP contribution in [0, 0.1) is 11.8 Å². The third kappa shape index (κ3) is 2.94. The molecule has 1 N–H and O–H groups in total. The molecule has 0 saturated carbocycles. The van der Waals surface area contributed by atoms with Crippen LogP contribution in [0.3, 0.4) is 0 Å². The summed E-state index contributed by atoms with van der Waals surface area (Å²) in [4.78, 5) is 25.9. The van der Waals surface area contributed by atoms with Crippen LogP contribution in [0.5, 0.6) is 0 Å². The first-order valence-corrected chi connectivity index (χ1v) is 7.90. The fourth-order valence-electron chi connectivity index (χ4n) is 2.16. The number of rotatable bonds is 4. The van der Waals surface area contributed by atoms with Gasteiger partial charge in [0.15, 0.2) is 0 Å². The molecule has 4 nitrogen and oxygen atoms in total. The van der Waals surface area contributed by atoms with Crippen LogP contribution in [0.2, 0.25) is 5.02 Å². The maximum atomic E-state index is 12.3. The number of hydrogen-bond acceptors (Lipinski definition) is 3. The van der Waals surface area contributed by atoms with E-state index >= 15 is 0 Å². The Bertz CT molecular complexity index is 543. The lowest BCUT2D eigenvalue weighted by molar-refractivity contribution is -0.144. The lowest BCUT2D eigenvalue weighted by Gasteiger charge is -2.41. The lowest BCUT2D eigenvalue weighted by Crippen LogP contribution is -2.53. The summed E-state index contributed by atoms with van der Waals surface area (Å²) in [6.45, 7) is 2.63. The van der Waals surface area contributed by atoms with E-state index in [-0.39, 0.29) is 11.8 Å². The van der Waals surface area contributed by atoms with Gasteiger partial charge in [-0.1, -0.05) is 18.5 Å². The summed E-state index contributed by atoms with van der Waals surface area (Å²) in [6.07, 6.45) is 1.94. The molecule has 0 spiro atoms. The molecule has 1 aliphatic heterocycles. The molecular formula is C14H16ClNO3S. The van der Waals surface area contributed by atoms with Gasteiger partial charge in [-0.15, -0.1) is 11.8 Å². The summed E-state index contributed by atoms with van der Waals surface area (Å²) in [5, 5.41) is 9.38. The van der Waals surface area contributed by atoms with Gasteiger partial charge in [0.25, 0.3) is 5.91 Å². The number of halogens is 1. The average molecular weight is 314 g/mol. The number of aliphatic carboxylic acids is 1. The van der Waals surface area contributed by atoms with Gasteiger partial charge in [-0.3, -0.25) is 9.59 Å². The van der Waals surface area contributed by atoms with Gasteiger partial charge in [0.2, 0.25) is 0 Å². The van der Waals surface area contributed by atoms with Gasteiger partial charge >= 0.3 is 5.97 Å². The van der Waals surface area contributed by atoms with Gasteiger partial charge in [-0.05, 0) is 24.5 Å². The predicted octanol–water partition coefficient (Wildman–Crippen LogP) is 2.85. The molecule has 0 bridgehead atoms. The molecule has 1 saturated heterocycles. The Morgan fingerprint density at radius 1 is 1.45 bits per heavy atom. The van der Waals surface area contributed by atoms with E-state index < -0.39 is 11.9 Å². The third-order valence-electron chi connectivity index (χ3n) is 3.70. The molecule has 0 radical (unpaired) electrons. The van der Waals surface area contributed by atoms with E-state index in [4.69, 9.17) is 16.7 Å². The number of carboxylic acid groups (broad SMARTS) is 1. The van der Waals surface area contributed by atoms with Gasteiger partial charge in [0, 0.05) is 23.9 Å². The Balaban J connectivity index is 2.06. The van der Waals surface area contributed by atoms with Crippen LogP contribution in [-0.4, -0.2) is 41.2 Å². The SMILES string of the molecule is CSc1ccc(Cl)c(C(=O)N2CC(C(C)C(=O)O)C2)c1. The summed E-state index contributed by atoms with van der Waals surface area (Å²) in [5.41, 5.74) is 0.486. The topological polar surface area (TPSA) is 57.6 Å². The van der Waals surface area contributed by atoms with E-state index in [1.165, 1.54) is 0 Å². The van der Waals surface area contributed by atoms with E-state index in [0.29, 0.717) is 23.7 Å². The monoisotopic (exact) mass is 313 g/mol. The Morgan fingerprint density at radius 2 is 2.10 bits per heavy atom. The van der Waals surface area contributed by atoms with Crippen LogP contribution in [0.15, 0.2) is 23.1 Å². The summed E-state index contributed by atoms with van der Waals surface area (Å²) >= 11 is 7.62. The minimum atomic E-state index is -0.815. The molecule has 1 aromatic rings. The molecule has 1 amide bonds. The first-order chi connectivity index (χ1) is 9.43. The van der Waals surface area contributed by atoms with Crippen molar-refractivity contribution >= 4 is 35.2 Å². The molecule has 1 heterocycles. The summed E-state index contributed by atoms with van der Waals surface area (Å²) in [5.74, 6) is -1.34. The summed E-state index contributed by atoms with van der Waals surface area (Å²) in [7, 11) is 0. The quantitative estimate of drug-likeness (QED) is 0.868. The zero-order valence-electron chi connectivity index (χ0n) is 11.3. The first-order valence-electron chi connectivity index (χ1n) is 6.29. The number of likely N-dealkylation sites (tertiary alicyclic amines) is 1. The highest BCUT2D eigenvalue weighted by Gasteiger charge is 2.37. The summed E-state index contributed by atoms with van der Waals surface area (Å²) in [6, 6.07) is 5.37. The minimum absolute atomic E-state index is 0.0268. The third-order valence-corrected chi connectivity index (χ3v) is 4.75. The van der Waals surface area contributed by atoms with Crippen molar-refractivity contribution in [2.45, 2.75) is 11.8 Å². The Labute approximate surface area is 127 Å². The second kappa shape index (κ2) is 6.06. The highest BCUT2D eigenvalue weighted by Crippen LogP contribution is 2.29. The normalized spacial score (nSPS) is 16.6. The Hall–Kier alpha value is -1.20. The van der Waals surface area contributed by atoms with Crippen LogP contribution in [-0.2, 0) is 4.79 Å². The van der Waals surface area contributed by atoms with Crippen LogP contribution in [0.25, 0.3) is 0 Å². The number of carbonyl (C=O) groups is 2. The standard InChI is InChI=1S/C14H16ClNO3S/c1-8(14(18)19)9-6-16(7-9)13(17)11-5-10(20-2)3-4-12(11)15/h3-5,8-9H,6-7H2,1-2H3,(H,18,19). The van der Waals surface area contributed by atoms with E-state index in [1.54, 1.807) is 35.7 Å². The molecule has 6 heteroatoms. The fourth-order valence-corrected chi connectivity index (χ4v) is 2.80. The van der Waals surface area contributed by atoms with E-state index in [0.717, 1.165) is 4.90 Å². The van der Waals surface area contributed by atoms with Crippen LogP contribution < -0.4 is 0 Å². The average Bonchev–Trinajstić information content (AvgIpc) is 2.37. The minimum Gasteiger partial charge on any atom is -0.481 e. The molecule has 0 aliphatic carbocycles. The maximum absolute atomic E-state index is 12.3. The van der Waals surface area contributed by atoms with E-state index in [9.17, 15) is 9.59 Å². The molecule has 1 unspecified atom stereocenters. The van der Waals surface area contributed by atoms with Crippen molar-refractivity contribution in [3.05, 3.63) is 28.8 Å². The van der Waals surface area contributed by atoms with Gasteiger partial charge in [0.05, 0.1) is 16.5 Å². The Kier molecular flexibility index (Phi) is 4.60. The highest BCUT2D eigenvalue weighted by atomic mass is 35.5. The molecular weight excluding hydrogens is 298 g/mol. The second-order valence-electron chi connectivity index (χ2n) is 4.94. The van der Waals surface area contributed by atoms with Crippen molar-refractivity contribution in [1.82, 2.24) is 4.90 Å². The molecule has 2 rings (SSSR count). The van der Waals surface area contributed by atoms with Crippen LogP contribution in [0.4, 0.5) is 0 Å². The highest BCUT2D eigenvalue weighted by molar-refractivity contribution is 7.98. The van der Waals surface area contributed by atoms with Gasteiger partial charge in [-0.2, -0.15) is 0 Å². The number of benzene rings is 1. The number of hydrogen-bond donors (Lipinski definition) is 1. The van der Waals surface area contributed by atoms with E-state index in [1.807, 2.05) is 12.3 Å². The van der Waals surface area contributed by atoms with Crippen molar-refractivity contribution in [3.8, 4) is 0 Å². The predicted molar refractivity (Wildman–Crippen MR) is 79.4 cm³/mol. The molecule has 1 aromatic carbocycles. The number of carboxylic acids is 1. The van der Waals surface area contributed by atoms with Crippen molar-refractivity contribution in [3.63, 3.8) is 0 Å². The van der Waals surface area contributed by atoms with Gasteiger partial charge < -0.3 is 10.0 Å². The molecule has 1 atom stereocenters. The summed E-state index contributed by atoms with van der Waals surface area (Å²) < 4.78 is 0. The number of nitrogens with zero attached hydrogens (tertiary/aromatic N) is 1. The zero-order chi connectivity index (χ0) is 14.9. The van der Waals surface area contributed by atoms with Crippen molar-refractivity contribution in [2.24, 2.45) is 11.8 Å². The molecule has 108 valence electrons. The van der Waals surface area contributed by atoms with Gasteiger partial charge in [0.1, 0.15) is 0 Å². The Morgan fingerprint density at radius 3 is 2.65 bits per heavy atom. The number of amides is 1. The maximum Gasteiger partial charge on any atom is 0.306 e. The lowest BCUT2D eigenvalue weighted by atomic mass is 9.86. The first kappa shape index (κ1) is 15.2. The molecule has 1 fully saturated rings. The molecule has 0 aromatic heterocycles. The number of thioether (sulfide) groups is 1. The largest absolute Gasteiger partial charge is 0.481 e. The molecule has 20 heavy (non-hydrogen) atoms.